The number of aliphatic hydroxyl groups excluding tert-OH is 1. The van der Waals surface area contributed by atoms with Crippen LogP contribution in [-0.4, -0.2) is 47.2 Å². The molecule has 2 fully saturated rings. The molecule has 1 aliphatic heterocycles. The quantitative estimate of drug-likeness (QED) is 0.782. The molecular weight excluding hydrogens is 252 g/mol. The molecule has 1 heterocycles. The van der Waals surface area contributed by atoms with Crippen LogP contribution in [0.15, 0.2) is 0 Å². The standard InChI is InChI=1S/C16H30N2O2/c1-3-12(4-2)17-16(20)11-18-10-6-8-14(18)13-7-5-9-15(13)19/h12-15,19H,3-11H2,1-2H3,(H,17,20). The molecule has 0 spiro atoms. The van der Waals surface area contributed by atoms with Gasteiger partial charge in [-0.15, -0.1) is 0 Å². The van der Waals surface area contributed by atoms with Crippen molar-refractivity contribution in [2.24, 2.45) is 5.92 Å². The minimum absolute atomic E-state index is 0.150. The SMILES string of the molecule is CCC(CC)NC(=O)CN1CCCC1C1CCCC1O. The number of amides is 1. The van der Waals surface area contributed by atoms with E-state index in [1.807, 2.05) is 0 Å². The normalized spacial score (nSPS) is 31.1. The number of rotatable bonds is 6. The van der Waals surface area contributed by atoms with Crippen LogP contribution in [0.5, 0.6) is 0 Å². The molecule has 20 heavy (non-hydrogen) atoms. The van der Waals surface area contributed by atoms with Gasteiger partial charge in [-0.1, -0.05) is 20.3 Å². The van der Waals surface area contributed by atoms with E-state index < -0.39 is 0 Å². The van der Waals surface area contributed by atoms with Crippen LogP contribution in [-0.2, 0) is 4.79 Å². The lowest BCUT2D eigenvalue weighted by Crippen LogP contribution is -2.46. The molecule has 1 aliphatic carbocycles. The molecule has 0 aromatic heterocycles. The van der Waals surface area contributed by atoms with Gasteiger partial charge in [0.25, 0.3) is 0 Å². The fourth-order valence-corrected chi connectivity index (χ4v) is 3.90. The minimum Gasteiger partial charge on any atom is -0.393 e. The lowest BCUT2D eigenvalue weighted by Gasteiger charge is -2.31. The van der Waals surface area contributed by atoms with Crippen molar-refractivity contribution in [2.45, 2.75) is 77.0 Å². The maximum atomic E-state index is 12.2. The predicted octanol–water partition coefficient (Wildman–Crippen LogP) is 1.92. The highest BCUT2D eigenvalue weighted by atomic mass is 16.3. The lowest BCUT2D eigenvalue weighted by atomic mass is 9.94. The zero-order chi connectivity index (χ0) is 14.5. The molecule has 2 aliphatic rings. The van der Waals surface area contributed by atoms with Crippen molar-refractivity contribution in [3.8, 4) is 0 Å². The van der Waals surface area contributed by atoms with E-state index in [1.165, 1.54) is 0 Å². The first-order valence-electron chi connectivity index (χ1n) is 8.37. The van der Waals surface area contributed by atoms with Gasteiger partial charge in [0.15, 0.2) is 0 Å². The highest BCUT2D eigenvalue weighted by Gasteiger charge is 2.38. The number of carbonyl (C=O) groups excluding carboxylic acids is 1. The number of hydrogen-bond acceptors (Lipinski definition) is 3. The molecule has 0 bridgehead atoms. The first-order valence-corrected chi connectivity index (χ1v) is 8.37. The Morgan fingerprint density at radius 2 is 2.00 bits per heavy atom. The average Bonchev–Trinajstić information content (AvgIpc) is 3.04. The molecule has 2 rings (SSSR count). The molecule has 3 unspecified atom stereocenters. The number of nitrogens with zero attached hydrogens (tertiary/aromatic N) is 1. The second kappa shape index (κ2) is 7.41. The summed E-state index contributed by atoms with van der Waals surface area (Å²) in [6.45, 7) is 5.73. The highest BCUT2D eigenvalue weighted by molar-refractivity contribution is 5.78. The van der Waals surface area contributed by atoms with Crippen LogP contribution in [0.1, 0.15) is 58.8 Å². The Morgan fingerprint density at radius 1 is 1.25 bits per heavy atom. The van der Waals surface area contributed by atoms with E-state index in [2.05, 4.69) is 24.1 Å². The van der Waals surface area contributed by atoms with Crippen molar-refractivity contribution in [3.63, 3.8) is 0 Å². The predicted molar refractivity (Wildman–Crippen MR) is 80.5 cm³/mol. The van der Waals surface area contributed by atoms with Gasteiger partial charge in [-0.2, -0.15) is 0 Å². The Morgan fingerprint density at radius 3 is 2.60 bits per heavy atom. The lowest BCUT2D eigenvalue weighted by molar-refractivity contribution is -0.123. The topological polar surface area (TPSA) is 52.6 Å². The maximum absolute atomic E-state index is 12.2. The van der Waals surface area contributed by atoms with Crippen LogP contribution in [0, 0.1) is 5.92 Å². The zero-order valence-electron chi connectivity index (χ0n) is 13.0. The van der Waals surface area contributed by atoms with Gasteiger partial charge in [-0.25, -0.2) is 0 Å². The van der Waals surface area contributed by atoms with Gasteiger partial charge in [-0.3, -0.25) is 9.69 Å². The number of carbonyl (C=O) groups is 1. The van der Waals surface area contributed by atoms with Crippen molar-refractivity contribution < 1.29 is 9.90 Å². The van der Waals surface area contributed by atoms with Gasteiger partial charge in [0.1, 0.15) is 0 Å². The average molecular weight is 282 g/mol. The largest absolute Gasteiger partial charge is 0.393 e. The van der Waals surface area contributed by atoms with Crippen molar-refractivity contribution >= 4 is 5.91 Å². The van der Waals surface area contributed by atoms with Crippen molar-refractivity contribution in [3.05, 3.63) is 0 Å². The monoisotopic (exact) mass is 282 g/mol. The molecule has 4 nitrogen and oxygen atoms in total. The van der Waals surface area contributed by atoms with E-state index in [0.717, 1.165) is 51.5 Å². The Kier molecular flexibility index (Phi) is 5.85. The Hall–Kier alpha value is -0.610. The molecule has 2 N–H and O–H groups in total. The van der Waals surface area contributed by atoms with E-state index in [0.29, 0.717) is 24.5 Å². The smallest absolute Gasteiger partial charge is 0.234 e. The fourth-order valence-electron chi connectivity index (χ4n) is 3.90. The van der Waals surface area contributed by atoms with Crippen LogP contribution in [0.4, 0.5) is 0 Å². The van der Waals surface area contributed by atoms with E-state index in [-0.39, 0.29) is 12.0 Å². The first kappa shape index (κ1) is 15.8. The summed E-state index contributed by atoms with van der Waals surface area (Å²) in [6.07, 6.45) is 7.33. The molecule has 116 valence electrons. The van der Waals surface area contributed by atoms with Gasteiger partial charge in [-0.05, 0) is 45.1 Å². The summed E-state index contributed by atoms with van der Waals surface area (Å²) in [5.41, 5.74) is 0. The van der Waals surface area contributed by atoms with Crippen molar-refractivity contribution in [1.29, 1.82) is 0 Å². The summed E-state index contributed by atoms with van der Waals surface area (Å²) in [5.74, 6) is 0.538. The van der Waals surface area contributed by atoms with E-state index in [9.17, 15) is 9.90 Å². The molecule has 0 aromatic rings. The number of aliphatic hydroxyl groups is 1. The fraction of sp³-hybridized carbons (Fsp3) is 0.938. The van der Waals surface area contributed by atoms with Crippen LogP contribution >= 0.6 is 0 Å². The van der Waals surface area contributed by atoms with Gasteiger partial charge in [0.05, 0.1) is 12.6 Å². The molecule has 0 aromatic carbocycles. The molecule has 0 radical (unpaired) electrons. The zero-order valence-corrected chi connectivity index (χ0v) is 13.0. The minimum atomic E-state index is -0.150. The maximum Gasteiger partial charge on any atom is 0.234 e. The summed E-state index contributed by atoms with van der Waals surface area (Å²) in [7, 11) is 0. The van der Waals surface area contributed by atoms with Gasteiger partial charge in [0, 0.05) is 18.0 Å². The van der Waals surface area contributed by atoms with E-state index in [1.54, 1.807) is 0 Å². The van der Waals surface area contributed by atoms with Crippen LogP contribution < -0.4 is 5.32 Å². The van der Waals surface area contributed by atoms with Crippen molar-refractivity contribution in [2.75, 3.05) is 13.1 Å². The summed E-state index contributed by atoms with van der Waals surface area (Å²) in [6, 6.07) is 0.723. The summed E-state index contributed by atoms with van der Waals surface area (Å²) in [5, 5.41) is 13.2. The molecule has 3 atom stereocenters. The third kappa shape index (κ3) is 3.73. The molecule has 4 heteroatoms. The molecule has 1 saturated heterocycles. The number of likely N-dealkylation sites (tertiary alicyclic amines) is 1. The molecule has 1 amide bonds. The van der Waals surface area contributed by atoms with E-state index >= 15 is 0 Å². The van der Waals surface area contributed by atoms with Gasteiger partial charge in [0.2, 0.25) is 5.91 Å². The summed E-state index contributed by atoms with van der Waals surface area (Å²) in [4.78, 5) is 14.5. The number of hydrogen-bond donors (Lipinski definition) is 2. The third-order valence-electron chi connectivity index (χ3n) is 5.14. The summed E-state index contributed by atoms with van der Waals surface area (Å²) >= 11 is 0. The Balaban J connectivity index is 1.86. The second-order valence-corrected chi connectivity index (χ2v) is 6.42. The Labute approximate surface area is 122 Å². The van der Waals surface area contributed by atoms with Crippen molar-refractivity contribution in [1.82, 2.24) is 10.2 Å². The van der Waals surface area contributed by atoms with Gasteiger partial charge >= 0.3 is 0 Å². The highest BCUT2D eigenvalue weighted by Crippen LogP contribution is 2.35. The molecular formula is C16H30N2O2. The Bertz CT molecular complexity index is 318. The van der Waals surface area contributed by atoms with Crippen LogP contribution in [0.3, 0.4) is 0 Å². The van der Waals surface area contributed by atoms with Crippen LogP contribution in [0.25, 0.3) is 0 Å². The first-order chi connectivity index (χ1) is 9.65. The van der Waals surface area contributed by atoms with Crippen LogP contribution in [0.2, 0.25) is 0 Å². The summed E-state index contributed by atoms with van der Waals surface area (Å²) < 4.78 is 0. The number of nitrogens with one attached hydrogen (secondary N) is 1. The van der Waals surface area contributed by atoms with Gasteiger partial charge < -0.3 is 10.4 Å². The molecule has 1 saturated carbocycles. The third-order valence-corrected chi connectivity index (χ3v) is 5.14. The second-order valence-electron chi connectivity index (χ2n) is 6.42. The van der Waals surface area contributed by atoms with E-state index in [4.69, 9.17) is 0 Å².